The van der Waals surface area contributed by atoms with Crippen LogP contribution in [0.3, 0.4) is 0 Å². The number of nitrogens with one attached hydrogen (secondary N) is 2. The van der Waals surface area contributed by atoms with E-state index in [2.05, 4.69) is 20.0 Å². The van der Waals surface area contributed by atoms with E-state index < -0.39 is 23.9 Å². The molecule has 2 N–H and O–H groups in total. The van der Waals surface area contributed by atoms with Crippen molar-refractivity contribution in [1.82, 2.24) is 19.1 Å². The summed E-state index contributed by atoms with van der Waals surface area (Å²) in [5.74, 6) is 0.0494. The number of aromatic nitrogens is 4. The zero-order chi connectivity index (χ0) is 25.7. The van der Waals surface area contributed by atoms with Crippen LogP contribution < -0.4 is 27.0 Å². The number of nitrogens with zero attached hydrogens (tertiary/aromatic N) is 3. The molecule has 0 radical (unpaired) electrons. The molecule has 0 unspecified atom stereocenters. The first-order valence-electron chi connectivity index (χ1n) is 10.6. The SMILES string of the molecule is COC(=O)Cn1c(=O)nc(Nc2ccc(Oc3cc[nH]c(=O)c3)cc2)n(Cc2ccc(Cl)cc2)c1=O. The van der Waals surface area contributed by atoms with Crippen LogP contribution in [0.1, 0.15) is 5.56 Å². The standard InChI is InChI=1S/C24H20ClN5O6/c1-35-21(32)14-30-23(33)28-22(29(24(30)34)13-15-2-4-16(25)5-3-15)27-17-6-8-18(9-7-17)36-19-10-11-26-20(31)12-19/h2-12H,13-14H2,1H3,(H,26,31)(H,27,28,33). The molecule has 0 atom stereocenters. The molecule has 184 valence electrons. The highest BCUT2D eigenvalue weighted by atomic mass is 35.5. The fraction of sp³-hybridized carbons (Fsp3) is 0.125. The number of anilines is 2. The highest BCUT2D eigenvalue weighted by Gasteiger charge is 2.16. The molecule has 0 aliphatic rings. The molecule has 36 heavy (non-hydrogen) atoms. The summed E-state index contributed by atoms with van der Waals surface area (Å²) in [6.45, 7) is -0.521. The Hall–Kier alpha value is -4.64. The van der Waals surface area contributed by atoms with E-state index in [1.165, 1.54) is 16.8 Å². The monoisotopic (exact) mass is 509 g/mol. The minimum atomic E-state index is -0.908. The van der Waals surface area contributed by atoms with Crippen molar-refractivity contribution < 1.29 is 14.3 Å². The highest BCUT2D eigenvalue weighted by Crippen LogP contribution is 2.23. The largest absolute Gasteiger partial charge is 0.468 e. The summed E-state index contributed by atoms with van der Waals surface area (Å²) in [6, 6.07) is 16.3. The van der Waals surface area contributed by atoms with Crippen molar-refractivity contribution in [2.45, 2.75) is 13.1 Å². The van der Waals surface area contributed by atoms with Crippen molar-refractivity contribution >= 4 is 29.2 Å². The van der Waals surface area contributed by atoms with Gasteiger partial charge in [-0.25, -0.2) is 14.2 Å². The Morgan fingerprint density at radius 3 is 2.39 bits per heavy atom. The van der Waals surface area contributed by atoms with Crippen molar-refractivity contribution in [3.05, 3.63) is 109 Å². The zero-order valence-corrected chi connectivity index (χ0v) is 19.7. The number of ether oxygens (including phenoxy) is 2. The maximum absolute atomic E-state index is 13.2. The number of hydrogen-bond donors (Lipinski definition) is 2. The summed E-state index contributed by atoms with van der Waals surface area (Å²) in [4.78, 5) is 55.4. The lowest BCUT2D eigenvalue weighted by Gasteiger charge is -2.15. The summed E-state index contributed by atoms with van der Waals surface area (Å²) in [7, 11) is 1.16. The second-order valence-electron chi connectivity index (χ2n) is 7.52. The van der Waals surface area contributed by atoms with E-state index in [-0.39, 0.29) is 18.1 Å². The number of esters is 1. The lowest BCUT2D eigenvalue weighted by Crippen LogP contribution is -2.44. The Balaban J connectivity index is 1.65. The van der Waals surface area contributed by atoms with Crippen molar-refractivity contribution in [2.75, 3.05) is 12.4 Å². The van der Waals surface area contributed by atoms with Gasteiger partial charge in [0.1, 0.15) is 18.0 Å². The first kappa shape index (κ1) is 24.5. The maximum atomic E-state index is 13.2. The number of benzene rings is 2. The zero-order valence-electron chi connectivity index (χ0n) is 18.9. The molecule has 0 saturated heterocycles. The molecule has 2 heterocycles. The number of halogens is 1. The van der Waals surface area contributed by atoms with Crippen molar-refractivity contribution in [3.8, 4) is 11.5 Å². The fourth-order valence-electron chi connectivity index (χ4n) is 3.23. The van der Waals surface area contributed by atoms with Crippen molar-refractivity contribution in [1.29, 1.82) is 0 Å². The van der Waals surface area contributed by atoms with Crippen LogP contribution in [-0.4, -0.2) is 32.2 Å². The summed E-state index contributed by atoms with van der Waals surface area (Å²) in [5, 5.41) is 3.49. The molecule has 0 fully saturated rings. The quantitative estimate of drug-likeness (QED) is 0.346. The number of H-pyrrole nitrogens is 1. The number of pyridine rings is 1. The summed E-state index contributed by atoms with van der Waals surface area (Å²) in [6.07, 6.45) is 1.47. The molecule has 4 rings (SSSR count). The molecule has 12 heteroatoms. The van der Waals surface area contributed by atoms with Crippen molar-refractivity contribution in [2.24, 2.45) is 0 Å². The molecule has 0 bridgehead atoms. The first-order valence-corrected chi connectivity index (χ1v) is 11.0. The van der Waals surface area contributed by atoms with E-state index in [9.17, 15) is 19.2 Å². The van der Waals surface area contributed by atoms with Crippen LogP contribution in [0.2, 0.25) is 5.02 Å². The van der Waals surface area contributed by atoms with Gasteiger partial charge >= 0.3 is 17.3 Å². The Morgan fingerprint density at radius 2 is 1.72 bits per heavy atom. The van der Waals surface area contributed by atoms with Gasteiger partial charge in [-0.1, -0.05) is 23.7 Å². The van der Waals surface area contributed by atoms with E-state index in [1.807, 2.05) is 0 Å². The highest BCUT2D eigenvalue weighted by molar-refractivity contribution is 6.30. The maximum Gasteiger partial charge on any atom is 0.355 e. The van der Waals surface area contributed by atoms with Gasteiger partial charge in [0, 0.05) is 23.0 Å². The summed E-state index contributed by atoms with van der Waals surface area (Å²) >= 11 is 5.96. The van der Waals surface area contributed by atoms with E-state index in [0.717, 1.165) is 12.7 Å². The predicted octanol–water partition coefficient (Wildman–Crippen LogP) is 2.50. The topological polar surface area (TPSA) is 137 Å². The van der Waals surface area contributed by atoms with Gasteiger partial charge in [-0.15, -0.1) is 0 Å². The van der Waals surface area contributed by atoms with Crippen molar-refractivity contribution in [3.63, 3.8) is 0 Å². The average molecular weight is 510 g/mol. The van der Waals surface area contributed by atoms with Gasteiger partial charge in [-0.3, -0.25) is 14.2 Å². The first-order chi connectivity index (χ1) is 17.3. The normalized spacial score (nSPS) is 10.6. The van der Waals surface area contributed by atoms with Gasteiger partial charge in [0.05, 0.1) is 13.7 Å². The minimum Gasteiger partial charge on any atom is -0.468 e. The second-order valence-corrected chi connectivity index (χ2v) is 7.95. The second kappa shape index (κ2) is 10.7. The van der Waals surface area contributed by atoms with Gasteiger partial charge in [-0.05, 0) is 48.0 Å². The molecule has 0 saturated carbocycles. The third-order valence-electron chi connectivity index (χ3n) is 5.01. The molecule has 11 nitrogen and oxygen atoms in total. The van der Waals surface area contributed by atoms with Crippen LogP contribution in [0.4, 0.5) is 11.6 Å². The van der Waals surface area contributed by atoms with Gasteiger partial charge in [0.15, 0.2) is 0 Å². The molecule has 0 spiro atoms. The van der Waals surface area contributed by atoms with Crippen LogP contribution >= 0.6 is 11.6 Å². The Bertz CT molecular complexity index is 1560. The Kier molecular flexibility index (Phi) is 7.31. The smallest absolute Gasteiger partial charge is 0.355 e. The molecule has 4 aromatic rings. The third-order valence-corrected chi connectivity index (χ3v) is 5.26. The summed E-state index contributed by atoms with van der Waals surface area (Å²) in [5.41, 5.74) is -0.717. The number of carbonyl (C=O) groups is 1. The van der Waals surface area contributed by atoms with Crippen LogP contribution in [0.15, 0.2) is 81.2 Å². The lowest BCUT2D eigenvalue weighted by atomic mass is 10.2. The van der Waals surface area contributed by atoms with Crippen LogP contribution in [0, 0.1) is 0 Å². The minimum absolute atomic E-state index is 0.0238. The lowest BCUT2D eigenvalue weighted by molar-refractivity contribution is -0.141. The van der Waals surface area contributed by atoms with Gasteiger partial charge in [0.2, 0.25) is 5.95 Å². The molecule has 0 aliphatic carbocycles. The summed E-state index contributed by atoms with van der Waals surface area (Å²) < 4.78 is 12.2. The predicted molar refractivity (Wildman–Crippen MR) is 132 cm³/mol. The van der Waals surface area contributed by atoms with E-state index in [4.69, 9.17) is 16.3 Å². The molecular weight excluding hydrogens is 490 g/mol. The van der Waals surface area contributed by atoms with Crippen LogP contribution in [-0.2, 0) is 22.6 Å². The number of aromatic amines is 1. The number of methoxy groups -OCH3 is 1. The average Bonchev–Trinajstić information content (AvgIpc) is 2.86. The molecule has 2 aromatic heterocycles. The Morgan fingerprint density at radius 1 is 1.00 bits per heavy atom. The number of hydrogen-bond acceptors (Lipinski definition) is 8. The van der Waals surface area contributed by atoms with E-state index in [1.54, 1.807) is 54.6 Å². The van der Waals surface area contributed by atoms with Gasteiger partial charge in [-0.2, -0.15) is 4.98 Å². The molecule has 2 aromatic carbocycles. The van der Waals surface area contributed by atoms with E-state index >= 15 is 0 Å². The van der Waals surface area contributed by atoms with Gasteiger partial charge < -0.3 is 19.8 Å². The molecule has 0 aliphatic heterocycles. The van der Waals surface area contributed by atoms with Crippen LogP contribution in [0.5, 0.6) is 11.5 Å². The number of carbonyl (C=O) groups excluding carboxylic acids is 1. The molecular formula is C24H20ClN5O6. The van der Waals surface area contributed by atoms with Crippen LogP contribution in [0.25, 0.3) is 0 Å². The third kappa shape index (κ3) is 5.88. The fourth-order valence-corrected chi connectivity index (χ4v) is 3.35. The molecule has 0 amide bonds. The van der Waals surface area contributed by atoms with Gasteiger partial charge in [0.25, 0.3) is 5.56 Å². The van der Waals surface area contributed by atoms with E-state index in [0.29, 0.717) is 26.8 Å². The number of rotatable bonds is 8. The Labute approximate surface area is 208 Å².